The minimum absolute atomic E-state index is 0.0181. The van der Waals surface area contributed by atoms with Crippen molar-refractivity contribution in [3.8, 4) is 5.75 Å². The number of nitrogens with one attached hydrogen (secondary N) is 1. The standard InChI is InChI=1S/C13H20ClNO3S/c1-4-5-8-19(16,17)15-11-6-7-13(12(14)9-11)18-10(2)3/h6-7,9-10,15H,4-5,8H2,1-3H3. The van der Waals surface area contributed by atoms with Crippen molar-refractivity contribution < 1.29 is 13.2 Å². The van der Waals surface area contributed by atoms with Gasteiger partial charge in [-0.1, -0.05) is 24.9 Å². The summed E-state index contributed by atoms with van der Waals surface area (Å²) in [5, 5.41) is 0.393. The molecule has 0 aliphatic heterocycles. The van der Waals surface area contributed by atoms with Crippen molar-refractivity contribution in [1.29, 1.82) is 0 Å². The van der Waals surface area contributed by atoms with E-state index in [1.807, 2.05) is 20.8 Å². The van der Waals surface area contributed by atoms with Gasteiger partial charge in [0.1, 0.15) is 5.75 Å². The van der Waals surface area contributed by atoms with E-state index in [-0.39, 0.29) is 11.9 Å². The van der Waals surface area contributed by atoms with Crippen LogP contribution in [0, 0.1) is 0 Å². The molecular weight excluding hydrogens is 286 g/mol. The predicted octanol–water partition coefficient (Wildman–Crippen LogP) is 3.67. The predicted molar refractivity (Wildman–Crippen MR) is 79.5 cm³/mol. The van der Waals surface area contributed by atoms with Crippen LogP contribution in [-0.2, 0) is 10.0 Å². The van der Waals surface area contributed by atoms with Crippen molar-refractivity contribution in [3.05, 3.63) is 23.2 Å². The van der Waals surface area contributed by atoms with Crippen molar-refractivity contribution in [2.24, 2.45) is 0 Å². The van der Waals surface area contributed by atoms with E-state index in [1.54, 1.807) is 18.2 Å². The Balaban J connectivity index is 2.78. The second kappa shape index (κ2) is 7.01. The average molecular weight is 306 g/mol. The van der Waals surface area contributed by atoms with Gasteiger partial charge >= 0.3 is 0 Å². The van der Waals surface area contributed by atoms with Crippen LogP contribution in [0.4, 0.5) is 5.69 Å². The topological polar surface area (TPSA) is 55.4 Å². The highest BCUT2D eigenvalue weighted by molar-refractivity contribution is 7.92. The first-order valence-corrected chi connectivity index (χ1v) is 8.34. The van der Waals surface area contributed by atoms with Crippen molar-refractivity contribution in [2.75, 3.05) is 10.5 Å². The Labute approximate surface area is 120 Å². The Morgan fingerprint density at radius 1 is 1.37 bits per heavy atom. The summed E-state index contributed by atoms with van der Waals surface area (Å²) in [7, 11) is -3.30. The summed E-state index contributed by atoms with van der Waals surface area (Å²) in [5.41, 5.74) is 0.456. The summed E-state index contributed by atoms with van der Waals surface area (Å²) in [5.74, 6) is 0.666. The van der Waals surface area contributed by atoms with Crippen LogP contribution >= 0.6 is 11.6 Å². The van der Waals surface area contributed by atoms with Gasteiger partial charge in [0.15, 0.2) is 0 Å². The van der Waals surface area contributed by atoms with Gasteiger partial charge in [0.25, 0.3) is 0 Å². The number of rotatable bonds is 7. The first-order chi connectivity index (χ1) is 8.84. The lowest BCUT2D eigenvalue weighted by Crippen LogP contribution is -2.16. The fourth-order valence-corrected chi connectivity index (χ4v) is 2.96. The highest BCUT2D eigenvalue weighted by Crippen LogP contribution is 2.28. The zero-order valence-electron chi connectivity index (χ0n) is 11.4. The molecule has 108 valence electrons. The molecule has 1 aromatic carbocycles. The van der Waals surface area contributed by atoms with Crippen LogP contribution in [0.2, 0.25) is 5.02 Å². The maximum atomic E-state index is 11.7. The Morgan fingerprint density at radius 2 is 2.05 bits per heavy atom. The molecule has 1 rings (SSSR count). The van der Waals surface area contributed by atoms with E-state index in [1.165, 1.54) is 0 Å². The molecule has 0 heterocycles. The van der Waals surface area contributed by atoms with E-state index in [4.69, 9.17) is 16.3 Å². The third-order valence-corrected chi connectivity index (χ3v) is 4.00. The Bertz CT molecular complexity index is 515. The van der Waals surface area contributed by atoms with Crippen LogP contribution in [0.15, 0.2) is 18.2 Å². The summed E-state index contributed by atoms with van der Waals surface area (Å²) in [4.78, 5) is 0. The van der Waals surface area contributed by atoms with Crippen LogP contribution in [0.5, 0.6) is 5.75 Å². The van der Waals surface area contributed by atoms with Gasteiger partial charge in [0.05, 0.1) is 22.6 Å². The quantitative estimate of drug-likeness (QED) is 0.836. The minimum Gasteiger partial charge on any atom is -0.489 e. The van der Waals surface area contributed by atoms with E-state index < -0.39 is 10.0 Å². The molecule has 0 unspecified atom stereocenters. The van der Waals surface area contributed by atoms with E-state index in [0.29, 0.717) is 22.9 Å². The molecule has 0 bridgehead atoms. The summed E-state index contributed by atoms with van der Waals surface area (Å²) >= 11 is 6.05. The number of anilines is 1. The van der Waals surface area contributed by atoms with Crippen LogP contribution in [0.1, 0.15) is 33.6 Å². The first-order valence-electron chi connectivity index (χ1n) is 6.30. The van der Waals surface area contributed by atoms with E-state index in [2.05, 4.69) is 4.72 Å². The maximum Gasteiger partial charge on any atom is 0.232 e. The Hall–Kier alpha value is -0.940. The van der Waals surface area contributed by atoms with Crippen molar-refractivity contribution in [3.63, 3.8) is 0 Å². The molecule has 1 aromatic rings. The van der Waals surface area contributed by atoms with Crippen LogP contribution < -0.4 is 9.46 Å². The zero-order valence-corrected chi connectivity index (χ0v) is 13.0. The molecule has 0 saturated heterocycles. The second-order valence-electron chi connectivity index (χ2n) is 4.59. The molecule has 0 atom stereocenters. The molecule has 19 heavy (non-hydrogen) atoms. The maximum absolute atomic E-state index is 11.7. The summed E-state index contributed by atoms with van der Waals surface area (Å²) < 4.78 is 31.5. The number of halogens is 1. The molecule has 6 heteroatoms. The van der Waals surface area contributed by atoms with E-state index >= 15 is 0 Å². The normalized spacial score (nSPS) is 11.6. The van der Waals surface area contributed by atoms with Gasteiger partial charge in [0.2, 0.25) is 10.0 Å². The molecule has 0 saturated carbocycles. The molecule has 0 aliphatic rings. The van der Waals surface area contributed by atoms with Crippen LogP contribution in [0.3, 0.4) is 0 Å². The number of unbranched alkanes of at least 4 members (excludes halogenated alkanes) is 1. The van der Waals surface area contributed by atoms with Crippen molar-refractivity contribution in [2.45, 2.75) is 39.7 Å². The van der Waals surface area contributed by atoms with Gasteiger partial charge in [-0.25, -0.2) is 8.42 Å². The van der Waals surface area contributed by atoms with Crippen LogP contribution in [0.25, 0.3) is 0 Å². The van der Waals surface area contributed by atoms with Gasteiger partial charge in [-0.3, -0.25) is 4.72 Å². The van der Waals surface area contributed by atoms with Crippen molar-refractivity contribution in [1.82, 2.24) is 0 Å². The summed E-state index contributed by atoms with van der Waals surface area (Å²) in [6.45, 7) is 5.75. The fourth-order valence-electron chi connectivity index (χ4n) is 1.48. The molecule has 4 nitrogen and oxygen atoms in total. The largest absolute Gasteiger partial charge is 0.489 e. The van der Waals surface area contributed by atoms with Crippen molar-refractivity contribution >= 4 is 27.3 Å². The zero-order chi connectivity index (χ0) is 14.5. The SMILES string of the molecule is CCCCS(=O)(=O)Nc1ccc(OC(C)C)c(Cl)c1. The van der Waals surface area contributed by atoms with Crippen LogP contribution in [-0.4, -0.2) is 20.3 Å². The number of benzene rings is 1. The second-order valence-corrected chi connectivity index (χ2v) is 6.84. The number of sulfonamides is 1. The van der Waals surface area contributed by atoms with Gasteiger partial charge in [-0.05, 0) is 38.5 Å². The number of ether oxygens (including phenoxy) is 1. The van der Waals surface area contributed by atoms with Gasteiger partial charge in [-0.2, -0.15) is 0 Å². The molecule has 0 fully saturated rings. The lowest BCUT2D eigenvalue weighted by Gasteiger charge is -2.13. The molecule has 1 N–H and O–H groups in total. The smallest absolute Gasteiger partial charge is 0.232 e. The molecule has 0 amide bonds. The first kappa shape index (κ1) is 16.1. The summed E-state index contributed by atoms with van der Waals surface area (Å²) in [6, 6.07) is 4.87. The fraction of sp³-hybridized carbons (Fsp3) is 0.538. The van der Waals surface area contributed by atoms with E-state index in [0.717, 1.165) is 6.42 Å². The Morgan fingerprint density at radius 3 is 2.58 bits per heavy atom. The third kappa shape index (κ3) is 5.70. The third-order valence-electron chi connectivity index (χ3n) is 2.33. The lowest BCUT2D eigenvalue weighted by molar-refractivity contribution is 0.242. The van der Waals surface area contributed by atoms with Gasteiger partial charge in [0, 0.05) is 0 Å². The molecular formula is C13H20ClNO3S. The highest BCUT2D eigenvalue weighted by atomic mass is 35.5. The molecule has 0 radical (unpaired) electrons. The van der Waals surface area contributed by atoms with Gasteiger partial charge in [-0.15, -0.1) is 0 Å². The Kier molecular flexibility index (Phi) is 5.94. The number of hydrogen-bond acceptors (Lipinski definition) is 3. The summed E-state index contributed by atoms with van der Waals surface area (Å²) in [6.07, 6.45) is 1.49. The molecule has 0 aliphatic carbocycles. The molecule has 0 spiro atoms. The highest BCUT2D eigenvalue weighted by Gasteiger charge is 2.11. The van der Waals surface area contributed by atoms with Gasteiger partial charge < -0.3 is 4.74 Å². The number of hydrogen-bond donors (Lipinski definition) is 1. The minimum atomic E-state index is -3.30. The lowest BCUT2D eigenvalue weighted by atomic mass is 10.3. The average Bonchev–Trinajstić information content (AvgIpc) is 2.29. The molecule has 0 aromatic heterocycles. The monoisotopic (exact) mass is 305 g/mol. The van der Waals surface area contributed by atoms with E-state index in [9.17, 15) is 8.42 Å².